The first kappa shape index (κ1) is 13.2. The number of hydrogen-bond donors (Lipinski definition) is 1. The van der Waals surface area contributed by atoms with E-state index in [0.717, 1.165) is 22.6 Å². The minimum atomic E-state index is -0.399. The molecule has 0 aliphatic heterocycles. The smallest absolute Gasteiger partial charge is 0.146 e. The maximum absolute atomic E-state index is 13.6. The largest absolute Gasteiger partial charge is 0.396 e. The molecule has 2 N–H and O–H groups in total. The van der Waals surface area contributed by atoms with Crippen molar-refractivity contribution in [1.29, 1.82) is 0 Å². The van der Waals surface area contributed by atoms with Crippen molar-refractivity contribution >= 4 is 16.6 Å². The van der Waals surface area contributed by atoms with Crippen molar-refractivity contribution in [3.8, 4) is 0 Å². The van der Waals surface area contributed by atoms with Gasteiger partial charge in [-0.3, -0.25) is 9.67 Å². The van der Waals surface area contributed by atoms with Gasteiger partial charge >= 0.3 is 0 Å². The average Bonchev–Trinajstić information content (AvgIpc) is 3.30. The number of anilines is 1. The molecule has 0 amide bonds. The maximum Gasteiger partial charge on any atom is 0.146 e. The Morgan fingerprint density at radius 3 is 2.86 bits per heavy atom. The molecule has 0 unspecified atom stereocenters. The highest BCUT2D eigenvalue weighted by molar-refractivity contribution is 5.93. The first-order valence-electron chi connectivity index (χ1n) is 7.50. The van der Waals surface area contributed by atoms with Gasteiger partial charge < -0.3 is 5.73 Å². The maximum atomic E-state index is 13.6. The zero-order valence-electron chi connectivity index (χ0n) is 12.4. The van der Waals surface area contributed by atoms with E-state index >= 15 is 0 Å². The van der Waals surface area contributed by atoms with Crippen LogP contribution < -0.4 is 5.73 Å². The first-order chi connectivity index (χ1) is 10.6. The summed E-state index contributed by atoms with van der Waals surface area (Å²) in [6.07, 6.45) is 2.46. The second-order valence-electron chi connectivity index (χ2n) is 5.93. The molecule has 0 saturated heterocycles. The number of aromatic nitrogens is 3. The first-order valence-corrected chi connectivity index (χ1v) is 7.50. The van der Waals surface area contributed by atoms with Crippen molar-refractivity contribution < 1.29 is 4.39 Å². The number of nitrogens with two attached hydrogens (primary N) is 1. The monoisotopic (exact) mass is 296 g/mol. The zero-order valence-corrected chi connectivity index (χ0v) is 12.4. The molecular formula is C17H17FN4. The van der Waals surface area contributed by atoms with Crippen molar-refractivity contribution in [3.63, 3.8) is 0 Å². The van der Waals surface area contributed by atoms with E-state index in [4.69, 9.17) is 10.7 Å². The summed E-state index contributed by atoms with van der Waals surface area (Å²) in [6.45, 7) is 2.42. The molecule has 4 rings (SSSR count). The van der Waals surface area contributed by atoms with E-state index in [1.165, 1.54) is 18.9 Å². The second-order valence-corrected chi connectivity index (χ2v) is 5.93. The van der Waals surface area contributed by atoms with Crippen LogP contribution >= 0.6 is 0 Å². The predicted octanol–water partition coefficient (Wildman–Crippen LogP) is 3.39. The van der Waals surface area contributed by atoms with E-state index in [1.807, 2.05) is 23.7 Å². The van der Waals surface area contributed by atoms with Gasteiger partial charge in [0.2, 0.25) is 0 Å². The molecule has 0 radical (unpaired) electrons. The van der Waals surface area contributed by atoms with Crippen LogP contribution in [-0.2, 0) is 6.54 Å². The molecule has 0 atom stereocenters. The van der Waals surface area contributed by atoms with Gasteiger partial charge in [-0.2, -0.15) is 5.10 Å². The standard InChI is InChI=1S/C17H17FN4/c1-10-16-15(8-7-13(18)17(16)19)22(21-10)9-12-3-2-4-14(20-12)11-5-6-11/h2-4,7-8,11H,5-6,9,19H2,1H3. The fourth-order valence-electron chi connectivity index (χ4n) is 2.93. The number of nitrogens with zero attached hydrogens (tertiary/aromatic N) is 3. The molecule has 1 aromatic carbocycles. The van der Waals surface area contributed by atoms with E-state index in [0.29, 0.717) is 17.8 Å². The van der Waals surface area contributed by atoms with Crippen LogP contribution in [-0.4, -0.2) is 14.8 Å². The molecule has 112 valence electrons. The molecule has 22 heavy (non-hydrogen) atoms. The third kappa shape index (κ3) is 2.13. The van der Waals surface area contributed by atoms with Crippen LogP contribution in [0.1, 0.15) is 35.8 Å². The number of nitrogen functional groups attached to an aromatic ring is 1. The molecule has 1 aliphatic rings. The lowest BCUT2D eigenvalue weighted by Gasteiger charge is -2.06. The Bertz CT molecular complexity index is 864. The molecule has 1 fully saturated rings. The van der Waals surface area contributed by atoms with Gasteiger partial charge in [0.05, 0.1) is 29.1 Å². The van der Waals surface area contributed by atoms with Crippen molar-refractivity contribution in [2.45, 2.75) is 32.2 Å². The summed E-state index contributed by atoms with van der Waals surface area (Å²) in [5, 5.41) is 5.20. The number of fused-ring (bicyclic) bond motifs is 1. The Balaban J connectivity index is 1.75. The summed E-state index contributed by atoms with van der Waals surface area (Å²) < 4.78 is 15.5. The highest BCUT2D eigenvalue weighted by Crippen LogP contribution is 2.38. The van der Waals surface area contributed by atoms with Crippen LogP contribution in [0.4, 0.5) is 10.1 Å². The summed E-state index contributed by atoms with van der Waals surface area (Å²) in [5.74, 6) is 0.227. The zero-order chi connectivity index (χ0) is 15.3. The Kier molecular flexibility index (Phi) is 2.89. The lowest BCUT2D eigenvalue weighted by Crippen LogP contribution is -2.05. The summed E-state index contributed by atoms with van der Waals surface area (Å²) in [4.78, 5) is 4.72. The number of benzene rings is 1. The van der Waals surface area contributed by atoms with Crippen molar-refractivity contribution in [1.82, 2.24) is 14.8 Å². The van der Waals surface area contributed by atoms with Crippen LogP contribution in [0.5, 0.6) is 0 Å². The van der Waals surface area contributed by atoms with Gasteiger partial charge in [0.15, 0.2) is 0 Å². The van der Waals surface area contributed by atoms with Gasteiger partial charge in [-0.1, -0.05) is 6.07 Å². The Labute approximate surface area is 127 Å². The number of hydrogen-bond acceptors (Lipinski definition) is 3. The van der Waals surface area contributed by atoms with Gasteiger partial charge in [0, 0.05) is 17.0 Å². The molecule has 0 spiro atoms. The summed E-state index contributed by atoms with van der Waals surface area (Å²) in [7, 11) is 0. The van der Waals surface area contributed by atoms with Crippen molar-refractivity contribution in [2.24, 2.45) is 0 Å². The SMILES string of the molecule is Cc1nn(Cc2cccc(C3CC3)n2)c2ccc(F)c(N)c12. The molecule has 1 aliphatic carbocycles. The molecule has 4 nitrogen and oxygen atoms in total. The van der Waals surface area contributed by atoms with Gasteiger partial charge in [0.25, 0.3) is 0 Å². The average molecular weight is 296 g/mol. The van der Waals surface area contributed by atoms with Crippen LogP contribution in [0.25, 0.3) is 10.9 Å². The molecular weight excluding hydrogens is 279 g/mol. The van der Waals surface area contributed by atoms with Gasteiger partial charge in [-0.25, -0.2) is 4.39 Å². The lowest BCUT2D eigenvalue weighted by atomic mass is 10.1. The molecule has 2 aromatic heterocycles. The van der Waals surface area contributed by atoms with Crippen molar-refractivity contribution in [3.05, 3.63) is 53.2 Å². The topological polar surface area (TPSA) is 56.7 Å². The van der Waals surface area contributed by atoms with Gasteiger partial charge in [0.1, 0.15) is 5.82 Å². The molecule has 3 aromatic rings. The van der Waals surface area contributed by atoms with E-state index in [1.54, 1.807) is 6.07 Å². The predicted molar refractivity (Wildman–Crippen MR) is 84.2 cm³/mol. The minimum absolute atomic E-state index is 0.168. The lowest BCUT2D eigenvalue weighted by molar-refractivity contribution is 0.633. The van der Waals surface area contributed by atoms with Gasteiger partial charge in [-0.15, -0.1) is 0 Å². The summed E-state index contributed by atoms with van der Waals surface area (Å²) >= 11 is 0. The van der Waals surface area contributed by atoms with E-state index in [2.05, 4.69) is 11.2 Å². The fourth-order valence-corrected chi connectivity index (χ4v) is 2.93. The fraction of sp³-hybridized carbons (Fsp3) is 0.294. The summed E-state index contributed by atoms with van der Waals surface area (Å²) in [6, 6.07) is 9.25. The Morgan fingerprint density at radius 2 is 2.09 bits per heavy atom. The molecule has 5 heteroatoms. The summed E-state index contributed by atoms with van der Waals surface area (Å²) in [5.41, 5.74) is 9.74. The van der Waals surface area contributed by atoms with E-state index < -0.39 is 5.82 Å². The second kappa shape index (κ2) is 4.80. The van der Waals surface area contributed by atoms with E-state index in [-0.39, 0.29) is 5.69 Å². The molecule has 1 saturated carbocycles. The molecule has 0 bridgehead atoms. The Morgan fingerprint density at radius 1 is 1.27 bits per heavy atom. The number of rotatable bonds is 3. The van der Waals surface area contributed by atoms with Crippen LogP contribution in [0.3, 0.4) is 0 Å². The third-order valence-corrected chi connectivity index (χ3v) is 4.22. The van der Waals surface area contributed by atoms with Crippen LogP contribution in [0, 0.1) is 12.7 Å². The minimum Gasteiger partial charge on any atom is -0.396 e. The van der Waals surface area contributed by atoms with Crippen LogP contribution in [0.2, 0.25) is 0 Å². The number of pyridine rings is 1. The number of aryl methyl sites for hydroxylation is 1. The normalized spacial score (nSPS) is 14.6. The van der Waals surface area contributed by atoms with E-state index in [9.17, 15) is 4.39 Å². The third-order valence-electron chi connectivity index (χ3n) is 4.22. The highest BCUT2D eigenvalue weighted by Gasteiger charge is 2.25. The quantitative estimate of drug-likeness (QED) is 0.754. The van der Waals surface area contributed by atoms with Gasteiger partial charge in [-0.05, 0) is 44.0 Å². The van der Waals surface area contributed by atoms with Crippen LogP contribution in [0.15, 0.2) is 30.3 Å². The Hall–Kier alpha value is -2.43. The number of halogens is 1. The van der Waals surface area contributed by atoms with Crippen molar-refractivity contribution in [2.75, 3.05) is 5.73 Å². The highest BCUT2D eigenvalue weighted by atomic mass is 19.1. The molecule has 2 heterocycles.